The maximum atomic E-state index is 10.8. The number of benzene rings is 1. The molecule has 0 unspecified atom stereocenters. The first-order chi connectivity index (χ1) is 13.5. The van der Waals surface area contributed by atoms with Crippen molar-refractivity contribution in [2.75, 3.05) is 32.1 Å². The summed E-state index contributed by atoms with van der Waals surface area (Å²) in [7, 11) is 1.55. The van der Waals surface area contributed by atoms with Crippen molar-refractivity contribution >= 4 is 11.8 Å². The van der Waals surface area contributed by atoms with Crippen LogP contribution >= 0.6 is 0 Å². The maximum absolute atomic E-state index is 10.8. The number of ether oxygens (including phenoxy) is 1. The predicted molar refractivity (Wildman–Crippen MR) is 106 cm³/mol. The molecular formula is C20H26N4O4. The summed E-state index contributed by atoms with van der Waals surface area (Å²) in [6.45, 7) is 4.20. The first-order valence-electron chi connectivity index (χ1n) is 9.38. The Kier molecular flexibility index (Phi) is 6.30. The minimum Gasteiger partial charge on any atom is -0.507 e. The third kappa shape index (κ3) is 4.89. The zero-order valence-corrected chi connectivity index (χ0v) is 16.2. The number of aliphatic carboxylic acids is 1. The first-order valence-corrected chi connectivity index (χ1v) is 9.38. The average Bonchev–Trinajstić information content (AvgIpc) is 2.67. The molecule has 1 saturated heterocycles. The van der Waals surface area contributed by atoms with Crippen LogP contribution in [0.1, 0.15) is 24.8 Å². The molecule has 150 valence electrons. The molecule has 0 spiro atoms. The Morgan fingerprint density at radius 3 is 2.86 bits per heavy atom. The summed E-state index contributed by atoms with van der Waals surface area (Å²) in [5.41, 5.74) is 2.13. The van der Waals surface area contributed by atoms with Crippen LogP contribution < -0.4 is 10.1 Å². The van der Waals surface area contributed by atoms with Crippen molar-refractivity contribution in [3.63, 3.8) is 0 Å². The third-order valence-corrected chi connectivity index (χ3v) is 4.94. The van der Waals surface area contributed by atoms with E-state index in [2.05, 4.69) is 20.4 Å². The van der Waals surface area contributed by atoms with E-state index < -0.39 is 5.97 Å². The number of methoxy groups -OCH3 is 1. The van der Waals surface area contributed by atoms with Gasteiger partial charge in [-0.15, -0.1) is 10.2 Å². The molecule has 1 aliphatic heterocycles. The first kappa shape index (κ1) is 19.9. The highest BCUT2D eigenvalue weighted by Gasteiger charge is 2.21. The fourth-order valence-corrected chi connectivity index (χ4v) is 3.50. The predicted octanol–water partition coefficient (Wildman–Crippen LogP) is 2.52. The Labute approximate surface area is 164 Å². The third-order valence-electron chi connectivity index (χ3n) is 4.94. The van der Waals surface area contributed by atoms with E-state index in [9.17, 15) is 9.90 Å². The number of aromatic nitrogens is 2. The standard InChI is InChI=1S/C20H26N4O4/c1-13-10-18(21-14-4-3-8-24(12-14)9-7-19(26)27)22-23-20(13)16-6-5-15(28-2)11-17(16)25/h5-6,10-11,14,25H,3-4,7-9,12H2,1-2H3,(H,21,22)(H,26,27)/t14-/m1/s1. The molecule has 3 N–H and O–H groups in total. The summed E-state index contributed by atoms with van der Waals surface area (Å²) in [4.78, 5) is 12.9. The van der Waals surface area contributed by atoms with Crippen molar-refractivity contribution < 1.29 is 19.7 Å². The number of rotatable bonds is 7. The molecule has 3 rings (SSSR count). The van der Waals surface area contributed by atoms with Gasteiger partial charge in [-0.25, -0.2) is 0 Å². The van der Waals surface area contributed by atoms with E-state index in [1.807, 2.05) is 13.0 Å². The number of aromatic hydroxyl groups is 1. The van der Waals surface area contributed by atoms with Gasteiger partial charge >= 0.3 is 5.97 Å². The Balaban J connectivity index is 1.68. The summed E-state index contributed by atoms with van der Waals surface area (Å²) in [5, 5.41) is 31.1. The van der Waals surface area contributed by atoms with Crippen LogP contribution in [0.4, 0.5) is 5.82 Å². The van der Waals surface area contributed by atoms with Gasteiger partial charge in [0.2, 0.25) is 0 Å². The molecule has 0 radical (unpaired) electrons. The lowest BCUT2D eigenvalue weighted by Crippen LogP contribution is -2.43. The van der Waals surface area contributed by atoms with Gasteiger partial charge in [0, 0.05) is 30.8 Å². The zero-order chi connectivity index (χ0) is 20.1. The van der Waals surface area contributed by atoms with E-state index in [1.54, 1.807) is 25.3 Å². The maximum Gasteiger partial charge on any atom is 0.304 e. The Bertz CT molecular complexity index is 843. The SMILES string of the molecule is COc1ccc(-c2nnc(N[C@@H]3CCCN(CCC(=O)O)C3)cc2C)c(O)c1. The number of carbonyl (C=O) groups is 1. The van der Waals surface area contributed by atoms with Crippen LogP contribution in [-0.4, -0.2) is 64.1 Å². The zero-order valence-electron chi connectivity index (χ0n) is 16.2. The van der Waals surface area contributed by atoms with Gasteiger partial charge in [0.15, 0.2) is 0 Å². The Hall–Kier alpha value is -2.87. The molecule has 8 nitrogen and oxygen atoms in total. The molecule has 1 fully saturated rings. The van der Waals surface area contributed by atoms with Crippen LogP contribution in [0.5, 0.6) is 11.5 Å². The number of phenolic OH excluding ortho intramolecular Hbond substituents is 1. The summed E-state index contributed by atoms with van der Waals surface area (Å²) in [6.07, 6.45) is 2.18. The van der Waals surface area contributed by atoms with E-state index in [4.69, 9.17) is 9.84 Å². The molecule has 1 aromatic heterocycles. The second-order valence-corrected chi connectivity index (χ2v) is 7.07. The topological polar surface area (TPSA) is 108 Å². The van der Waals surface area contributed by atoms with Crippen molar-refractivity contribution in [2.45, 2.75) is 32.2 Å². The number of piperidine rings is 1. The highest BCUT2D eigenvalue weighted by molar-refractivity contribution is 5.71. The lowest BCUT2D eigenvalue weighted by atomic mass is 10.0. The monoisotopic (exact) mass is 386 g/mol. The molecule has 28 heavy (non-hydrogen) atoms. The number of carboxylic acids is 1. The molecular weight excluding hydrogens is 360 g/mol. The van der Waals surface area contributed by atoms with Gasteiger partial charge in [-0.1, -0.05) is 0 Å². The number of carboxylic acid groups (broad SMARTS) is 1. The van der Waals surface area contributed by atoms with Crippen molar-refractivity contribution in [1.29, 1.82) is 0 Å². The molecule has 0 bridgehead atoms. The number of hydrogen-bond donors (Lipinski definition) is 3. The normalized spacial score (nSPS) is 17.3. The van der Waals surface area contributed by atoms with Crippen LogP contribution in [0.2, 0.25) is 0 Å². The van der Waals surface area contributed by atoms with Gasteiger partial charge in [-0.3, -0.25) is 4.79 Å². The Morgan fingerprint density at radius 1 is 1.36 bits per heavy atom. The summed E-state index contributed by atoms with van der Waals surface area (Å²) in [6, 6.07) is 7.21. The molecule has 1 atom stereocenters. The number of nitrogens with one attached hydrogen (secondary N) is 1. The molecule has 1 aromatic carbocycles. The van der Waals surface area contributed by atoms with E-state index >= 15 is 0 Å². The fourth-order valence-electron chi connectivity index (χ4n) is 3.50. The van der Waals surface area contributed by atoms with Crippen molar-refractivity contribution in [3.8, 4) is 22.8 Å². The molecule has 2 heterocycles. The number of nitrogens with zero attached hydrogens (tertiary/aromatic N) is 3. The van der Waals surface area contributed by atoms with Crippen LogP contribution in [0.3, 0.4) is 0 Å². The summed E-state index contributed by atoms with van der Waals surface area (Å²) < 4.78 is 5.12. The van der Waals surface area contributed by atoms with E-state index in [0.29, 0.717) is 29.4 Å². The number of phenols is 1. The highest BCUT2D eigenvalue weighted by atomic mass is 16.5. The molecule has 1 aliphatic rings. The summed E-state index contributed by atoms with van der Waals surface area (Å²) in [5.74, 6) is 0.585. The van der Waals surface area contributed by atoms with E-state index in [0.717, 1.165) is 31.5 Å². The average molecular weight is 386 g/mol. The quantitative estimate of drug-likeness (QED) is 0.666. The number of aryl methyl sites for hydroxylation is 1. The Morgan fingerprint density at radius 2 is 2.18 bits per heavy atom. The van der Waals surface area contributed by atoms with Gasteiger partial charge in [0.25, 0.3) is 0 Å². The lowest BCUT2D eigenvalue weighted by molar-refractivity contribution is -0.137. The van der Waals surface area contributed by atoms with E-state index in [-0.39, 0.29) is 18.2 Å². The van der Waals surface area contributed by atoms with Gasteiger partial charge in [0.05, 0.1) is 19.2 Å². The van der Waals surface area contributed by atoms with Crippen LogP contribution in [0, 0.1) is 6.92 Å². The largest absolute Gasteiger partial charge is 0.507 e. The molecule has 2 aromatic rings. The van der Waals surface area contributed by atoms with Crippen LogP contribution in [0.15, 0.2) is 24.3 Å². The van der Waals surface area contributed by atoms with Gasteiger partial charge < -0.3 is 25.2 Å². The second kappa shape index (κ2) is 8.88. The highest BCUT2D eigenvalue weighted by Crippen LogP contribution is 2.33. The second-order valence-electron chi connectivity index (χ2n) is 7.07. The molecule has 8 heteroatoms. The van der Waals surface area contributed by atoms with Crippen molar-refractivity contribution in [1.82, 2.24) is 15.1 Å². The summed E-state index contributed by atoms with van der Waals surface area (Å²) >= 11 is 0. The van der Waals surface area contributed by atoms with Gasteiger partial charge in [-0.2, -0.15) is 0 Å². The van der Waals surface area contributed by atoms with Gasteiger partial charge in [0.1, 0.15) is 17.3 Å². The number of likely N-dealkylation sites (tertiary alicyclic amines) is 1. The van der Waals surface area contributed by atoms with Crippen LogP contribution in [0.25, 0.3) is 11.3 Å². The molecule has 0 aliphatic carbocycles. The minimum absolute atomic E-state index is 0.0961. The number of hydrogen-bond acceptors (Lipinski definition) is 7. The molecule has 0 amide bonds. The van der Waals surface area contributed by atoms with Crippen molar-refractivity contribution in [2.24, 2.45) is 0 Å². The molecule has 0 saturated carbocycles. The number of anilines is 1. The van der Waals surface area contributed by atoms with Crippen LogP contribution in [-0.2, 0) is 4.79 Å². The van der Waals surface area contributed by atoms with E-state index in [1.165, 1.54) is 0 Å². The van der Waals surface area contributed by atoms with Gasteiger partial charge in [-0.05, 0) is 50.1 Å². The smallest absolute Gasteiger partial charge is 0.304 e. The minimum atomic E-state index is -0.769. The van der Waals surface area contributed by atoms with Crippen molar-refractivity contribution in [3.05, 3.63) is 29.8 Å². The lowest BCUT2D eigenvalue weighted by Gasteiger charge is -2.33. The fraction of sp³-hybridized carbons (Fsp3) is 0.450.